The lowest BCUT2D eigenvalue weighted by Crippen LogP contribution is -2.51. The minimum atomic E-state index is -0.161. The molecule has 1 fully saturated rings. The van der Waals surface area contributed by atoms with E-state index < -0.39 is 0 Å². The summed E-state index contributed by atoms with van der Waals surface area (Å²) in [7, 11) is 1.42. The maximum atomic E-state index is 11.1. The SMILES string of the molecule is COC(=O)CC(C)NC1(C)CCOCC1. The van der Waals surface area contributed by atoms with Crippen LogP contribution < -0.4 is 5.32 Å². The van der Waals surface area contributed by atoms with Crippen LogP contribution in [-0.4, -0.2) is 37.9 Å². The van der Waals surface area contributed by atoms with E-state index >= 15 is 0 Å². The molecular weight excluding hydrogens is 194 g/mol. The van der Waals surface area contributed by atoms with Gasteiger partial charge in [0.2, 0.25) is 0 Å². The van der Waals surface area contributed by atoms with Gasteiger partial charge in [0.15, 0.2) is 0 Å². The highest BCUT2D eigenvalue weighted by Crippen LogP contribution is 2.20. The molecule has 1 unspecified atom stereocenters. The largest absolute Gasteiger partial charge is 0.469 e. The Kier molecular flexibility index (Phi) is 4.54. The zero-order valence-electron chi connectivity index (χ0n) is 9.84. The molecule has 0 aromatic carbocycles. The summed E-state index contributed by atoms with van der Waals surface area (Å²) < 4.78 is 9.96. The number of esters is 1. The van der Waals surface area contributed by atoms with Crippen LogP contribution in [0.3, 0.4) is 0 Å². The number of carbonyl (C=O) groups is 1. The van der Waals surface area contributed by atoms with E-state index in [2.05, 4.69) is 17.0 Å². The molecule has 0 spiro atoms. The summed E-state index contributed by atoms with van der Waals surface area (Å²) in [6.45, 7) is 5.80. The van der Waals surface area contributed by atoms with Crippen molar-refractivity contribution in [3.05, 3.63) is 0 Å². The number of hydrogen-bond donors (Lipinski definition) is 1. The first-order valence-electron chi connectivity index (χ1n) is 5.48. The van der Waals surface area contributed by atoms with Gasteiger partial charge >= 0.3 is 5.97 Å². The molecule has 0 amide bonds. The van der Waals surface area contributed by atoms with Gasteiger partial charge in [0.25, 0.3) is 0 Å². The van der Waals surface area contributed by atoms with Crippen molar-refractivity contribution in [1.29, 1.82) is 0 Å². The first-order valence-corrected chi connectivity index (χ1v) is 5.48. The molecule has 1 atom stereocenters. The van der Waals surface area contributed by atoms with Crippen molar-refractivity contribution in [2.24, 2.45) is 0 Å². The van der Waals surface area contributed by atoms with Gasteiger partial charge in [-0.05, 0) is 26.7 Å². The van der Waals surface area contributed by atoms with Crippen LogP contribution in [0.2, 0.25) is 0 Å². The number of nitrogens with one attached hydrogen (secondary N) is 1. The van der Waals surface area contributed by atoms with Crippen LogP contribution in [0.25, 0.3) is 0 Å². The molecule has 1 saturated heterocycles. The molecule has 0 radical (unpaired) electrons. The van der Waals surface area contributed by atoms with Gasteiger partial charge in [0, 0.05) is 24.8 Å². The van der Waals surface area contributed by atoms with Gasteiger partial charge in [0.05, 0.1) is 13.5 Å². The number of hydrogen-bond acceptors (Lipinski definition) is 4. The van der Waals surface area contributed by atoms with Crippen LogP contribution in [-0.2, 0) is 14.3 Å². The fourth-order valence-electron chi connectivity index (χ4n) is 1.95. The summed E-state index contributed by atoms with van der Waals surface area (Å²) in [6, 6.07) is 0.153. The summed E-state index contributed by atoms with van der Waals surface area (Å²) >= 11 is 0. The Morgan fingerprint density at radius 1 is 1.53 bits per heavy atom. The first kappa shape index (κ1) is 12.5. The molecule has 1 rings (SSSR count). The van der Waals surface area contributed by atoms with Crippen molar-refractivity contribution in [2.75, 3.05) is 20.3 Å². The predicted molar refractivity (Wildman–Crippen MR) is 57.7 cm³/mol. The van der Waals surface area contributed by atoms with E-state index in [9.17, 15) is 4.79 Å². The molecule has 4 nitrogen and oxygen atoms in total. The van der Waals surface area contributed by atoms with E-state index in [1.165, 1.54) is 7.11 Å². The Hall–Kier alpha value is -0.610. The molecule has 0 saturated carbocycles. The maximum Gasteiger partial charge on any atom is 0.307 e. The molecule has 0 aliphatic carbocycles. The average molecular weight is 215 g/mol. The smallest absolute Gasteiger partial charge is 0.307 e. The zero-order valence-corrected chi connectivity index (χ0v) is 9.84. The molecule has 1 aliphatic rings. The lowest BCUT2D eigenvalue weighted by atomic mass is 9.91. The van der Waals surface area contributed by atoms with Gasteiger partial charge in [0.1, 0.15) is 0 Å². The van der Waals surface area contributed by atoms with Gasteiger partial charge in [-0.2, -0.15) is 0 Å². The molecule has 1 N–H and O–H groups in total. The van der Waals surface area contributed by atoms with E-state index in [1.54, 1.807) is 0 Å². The van der Waals surface area contributed by atoms with Crippen LogP contribution in [0.5, 0.6) is 0 Å². The molecule has 88 valence electrons. The van der Waals surface area contributed by atoms with Crippen LogP contribution in [0.4, 0.5) is 0 Å². The Bertz CT molecular complexity index is 212. The zero-order chi connectivity index (χ0) is 11.3. The third-order valence-electron chi connectivity index (χ3n) is 2.89. The molecular formula is C11H21NO3. The van der Waals surface area contributed by atoms with Gasteiger partial charge < -0.3 is 14.8 Å². The van der Waals surface area contributed by atoms with E-state index in [1.807, 2.05) is 6.92 Å². The van der Waals surface area contributed by atoms with Gasteiger partial charge in [-0.3, -0.25) is 4.79 Å². The predicted octanol–water partition coefficient (Wildman–Crippen LogP) is 1.10. The number of carbonyl (C=O) groups excluding carboxylic acids is 1. The maximum absolute atomic E-state index is 11.1. The number of ether oxygens (including phenoxy) is 2. The van der Waals surface area contributed by atoms with Crippen molar-refractivity contribution in [3.63, 3.8) is 0 Å². The van der Waals surface area contributed by atoms with Crippen molar-refractivity contribution in [1.82, 2.24) is 5.32 Å². The molecule has 0 bridgehead atoms. The fourth-order valence-corrected chi connectivity index (χ4v) is 1.95. The van der Waals surface area contributed by atoms with Crippen molar-refractivity contribution >= 4 is 5.97 Å². The standard InChI is InChI=1S/C11H21NO3/c1-9(8-10(13)14-3)12-11(2)4-6-15-7-5-11/h9,12H,4-8H2,1-3H3. The second kappa shape index (κ2) is 5.47. The Morgan fingerprint density at radius 3 is 2.67 bits per heavy atom. The van der Waals surface area contributed by atoms with Crippen LogP contribution >= 0.6 is 0 Å². The Morgan fingerprint density at radius 2 is 2.13 bits per heavy atom. The Labute approximate surface area is 91.3 Å². The van der Waals surface area contributed by atoms with Crippen molar-refractivity contribution in [2.45, 2.75) is 44.7 Å². The van der Waals surface area contributed by atoms with Gasteiger partial charge in [-0.15, -0.1) is 0 Å². The second-order valence-electron chi connectivity index (χ2n) is 4.50. The quantitative estimate of drug-likeness (QED) is 0.713. The van der Waals surface area contributed by atoms with Crippen LogP contribution in [0.1, 0.15) is 33.1 Å². The Balaban J connectivity index is 2.35. The van der Waals surface area contributed by atoms with E-state index in [-0.39, 0.29) is 17.6 Å². The molecule has 0 aromatic heterocycles. The molecule has 1 aliphatic heterocycles. The third kappa shape index (κ3) is 4.18. The minimum absolute atomic E-state index is 0.103. The molecule has 0 aromatic rings. The minimum Gasteiger partial charge on any atom is -0.469 e. The fraction of sp³-hybridized carbons (Fsp3) is 0.909. The van der Waals surface area contributed by atoms with Gasteiger partial charge in [-0.1, -0.05) is 0 Å². The van der Waals surface area contributed by atoms with E-state index in [0.717, 1.165) is 26.1 Å². The van der Waals surface area contributed by atoms with Crippen molar-refractivity contribution in [3.8, 4) is 0 Å². The lowest BCUT2D eigenvalue weighted by Gasteiger charge is -2.37. The van der Waals surface area contributed by atoms with Crippen molar-refractivity contribution < 1.29 is 14.3 Å². The van der Waals surface area contributed by atoms with Crippen LogP contribution in [0, 0.1) is 0 Å². The summed E-state index contributed by atoms with van der Waals surface area (Å²) in [4.78, 5) is 11.1. The monoisotopic (exact) mass is 215 g/mol. The van der Waals surface area contributed by atoms with Crippen LogP contribution in [0.15, 0.2) is 0 Å². The molecule has 1 heterocycles. The average Bonchev–Trinajstić information content (AvgIpc) is 2.17. The highest BCUT2D eigenvalue weighted by atomic mass is 16.5. The summed E-state index contributed by atoms with van der Waals surface area (Å²) in [5, 5.41) is 3.48. The number of rotatable bonds is 4. The second-order valence-corrected chi connectivity index (χ2v) is 4.50. The third-order valence-corrected chi connectivity index (χ3v) is 2.89. The highest BCUT2D eigenvalue weighted by Gasteiger charge is 2.28. The topological polar surface area (TPSA) is 47.6 Å². The summed E-state index contributed by atoms with van der Waals surface area (Å²) in [5.41, 5.74) is 0.103. The summed E-state index contributed by atoms with van der Waals surface area (Å²) in [6.07, 6.45) is 2.42. The van der Waals surface area contributed by atoms with Gasteiger partial charge in [-0.25, -0.2) is 0 Å². The first-order chi connectivity index (χ1) is 7.06. The lowest BCUT2D eigenvalue weighted by molar-refractivity contribution is -0.141. The van der Waals surface area contributed by atoms with E-state index in [4.69, 9.17) is 4.74 Å². The molecule has 15 heavy (non-hydrogen) atoms. The highest BCUT2D eigenvalue weighted by molar-refractivity contribution is 5.69. The molecule has 4 heteroatoms. The summed E-state index contributed by atoms with van der Waals surface area (Å²) in [5.74, 6) is -0.161. The number of methoxy groups -OCH3 is 1. The van der Waals surface area contributed by atoms with E-state index in [0.29, 0.717) is 6.42 Å². The normalized spacial score (nSPS) is 22.1.